The van der Waals surface area contributed by atoms with Gasteiger partial charge < -0.3 is 10.2 Å². The molecule has 0 bridgehead atoms. The van der Waals surface area contributed by atoms with Gasteiger partial charge >= 0.3 is 0 Å². The van der Waals surface area contributed by atoms with Gasteiger partial charge in [0.15, 0.2) is 5.82 Å². The fourth-order valence-corrected chi connectivity index (χ4v) is 2.86. The molecule has 2 aromatic rings. The quantitative estimate of drug-likeness (QED) is 0.904. The molecule has 0 aliphatic carbocycles. The molecule has 1 fully saturated rings. The number of rotatable bonds is 4. The number of anilines is 1. The van der Waals surface area contributed by atoms with Gasteiger partial charge in [-0.05, 0) is 39.3 Å². The summed E-state index contributed by atoms with van der Waals surface area (Å²) in [5.74, 6) is 2.46. The fraction of sp³-hybridized carbons (Fsp3) is 0.500. The van der Waals surface area contributed by atoms with Crippen LogP contribution >= 0.6 is 0 Å². The van der Waals surface area contributed by atoms with Crippen LogP contribution in [0, 0.1) is 12.8 Å². The zero-order chi connectivity index (χ0) is 14.7. The molecule has 1 aliphatic heterocycles. The monoisotopic (exact) mass is 285 g/mol. The lowest BCUT2D eigenvalue weighted by Crippen LogP contribution is -2.37. The Balaban J connectivity index is 1.67. The summed E-state index contributed by atoms with van der Waals surface area (Å²) in [6.07, 6.45) is 2.41. The van der Waals surface area contributed by atoms with E-state index in [1.54, 1.807) is 0 Å². The van der Waals surface area contributed by atoms with Gasteiger partial charge in [0, 0.05) is 18.7 Å². The number of aromatic nitrogens is 3. The van der Waals surface area contributed by atoms with Crippen molar-refractivity contribution in [1.82, 2.24) is 20.5 Å². The summed E-state index contributed by atoms with van der Waals surface area (Å²) in [6, 6.07) is 8.36. The number of hydrogen-bond acceptors (Lipinski definition) is 4. The van der Waals surface area contributed by atoms with Crippen molar-refractivity contribution in [2.24, 2.45) is 5.92 Å². The van der Waals surface area contributed by atoms with Crippen molar-refractivity contribution in [3.8, 4) is 11.4 Å². The van der Waals surface area contributed by atoms with Crippen LogP contribution in [-0.2, 0) is 0 Å². The number of nitrogens with zero attached hydrogens (tertiary/aromatic N) is 3. The highest BCUT2D eigenvalue weighted by molar-refractivity contribution is 5.56. The second kappa shape index (κ2) is 6.26. The first-order chi connectivity index (χ1) is 10.3. The van der Waals surface area contributed by atoms with Crippen LogP contribution in [0.3, 0.4) is 0 Å². The molecule has 3 rings (SSSR count). The van der Waals surface area contributed by atoms with E-state index in [1.165, 1.54) is 18.4 Å². The zero-order valence-corrected chi connectivity index (χ0v) is 12.8. The summed E-state index contributed by atoms with van der Waals surface area (Å²) in [7, 11) is 2.02. The molecule has 0 spiro atoms. The lowest BCUT2D eigenvalue weighted by molar-refractivity contribution is 0.391. The van der Waals surface area contributed by atoms with Gasteiger partial charge in [0.25, 0.3) is 0 Å². The van der Waals surface area contributed by atoms with E-state index in [0.717, 1.165) is 42.9 Å². The second-order valence-corrected chi connectivity index (χ2v) is 5.84. The maximum Gasteiger partial charge on any atom is 0.245 e. The summed E-state index contributed by atoms with van der Waals surface area (Å²) < 4.78 is 0. The summed E-state index contributed by atoms with van der Waals surface area (Å²) in [5, 5.41) is 10.7. The van der Waals surface area contributed by atoms with Crippen LogP contribution in [0.4, 0.5) is 5.95 Å². The number of hydrogen-bond donors (Lipinski definition) is 2. The van der Waals surface area contributed by atoms with Gasteiger partial charge in [-0.1, -0.05) is 29.8 Å². The summed E-state index contributed by atoms with van der Waals surface area (Å²) >= 11 is 0. The van der Waals surface area contributed by atoms with Crippen LogP contribution in [0.5, 0.6) is 0 Å². The third-order valence-corrected chi connectivity index (χ3v) is 4.19. The third-order valence-electron chi connectivity index (χ3n) is 4.19. The first-order valence-electron chi connectivity index (χ1n) is 7.65. The van der Waals surface area contributed by atoms with Gasteiger partial charge in [-0.2, -0.15) is 4.98 Å². The topological polar surface area (TPSA) is 56.8 Å². The molecule has 0 amide bonds. The Morgan fingerprint density at radius 2 is 1.95 bits per heavy atom. The van der Waals surface area contributed by atoms with Crippen molar-refractivity contribution in [1.29, 1.82) is 0 Å². The molecule has 5 nitrogen and oxygen atoms in total. The van der Waals surface area contributed by atoms with Crippen LogP contribution in [0.15, 0.2) is 24.3 Å². The molecule has 0 atom stereocenters. The summed E-state index contributed by atoms with van der Waals surface area (Å²) in [4.78, 5) is 6.93. The van der Waals surface area contributed by atoms with E-state index in [2.05, 4.69) is 56.6 Å². The van der Waals surface area contributed by atoms with Crippen molar-refractivity contribution in [3.63, 3.8) is 0 Å². The van der Waals surface area contributed by atoms with E-state index in [-0.39, 0.29) is 0 Å². The van der Waals surface area contributed by atoms with Crippen molar-refractivity contribution in [2.75, 3.05) is 31.6 Å². The lowest BCUT2D eigenvalue weighted by Gasteiger charge is -2.30. The highest BCUT2D eigenvalue weighted by Crippen LogP contribution is 2.22. The molecule has 1 aliphatic rings. The number of H-pyrrole nitrogens is 1. The fourth-order valence-electron chi connectivity index (χ4n) is 2.86. The summed E-state index contributed by atoms with van der Waals surface area (Å²) in [6.45, 7) is 5.27. The third kappa shape index (κ3) is 3.24. The molecule has 1 saturated heterocycles. The number of aryl methyl sites for hydroxylation is 1. The molecular weight excluding hydrogens is 262 g/mol. The van der Waals surface area contributed by atoms with Crippen molar-refractivity contribution in [3.05, 3.63) is 29.8 Å². The van der Waals surface area contributed by atoms with Crippen LogP contribution < -0.4 is 10.2 Å². The Labute approximate surface area is 125 Å². The minimum absolute atomic E-state index is 0.779. The number of piperidine rings is 1. The van der Waals surface area contributed by atoms with Crippen LogP contribution in [0.1, 0.15) is 18.4 Å². The standard InChI is InChI=1S/C16H23N5/c1-12-3-5-14(6-4-12)15-18-16(20-19-15)21-9-7-13(8-10-21)11-17-2/h3-6,13,17H,7-11H2,1-2H3,(H,18,19,20). The lowest BCUT2D eigenvalue weighted by atomic mass is 9.97. The van der Waals surface area contributed by atoms with E-state index >= 15 is 0 Å². The average Bonchev–Trinajstić information content (AvgIpc) is 2.99. The molecule has 1 aromatic carbocycles. The van der Waals surface area contributed by atoms with E-state index in [4.69, 9.17) is 0 Å². The summed E-state index contributed by atoms with van der Waals surface area (Å²) in [5.41, 5.74) is 2.34. The molecule has 2 heterocycles. The molecule has 0 saturated carbocycles. The maximum atomic E-state index is 4.65. The molecule has 2 N–H and O–H groups in total. The van der Waals surface area contributed by atoms with Crippen molar-refractivity contribution < 1.29 is 0 Å². The van der Waals surface area contributed by atoms with Crippen molar-refractivity contribution in [2.45, 2.75) is 19.8 Å². The minimum atomic E-state index is 0.779. The average molecular weight is 285 g/mol. The first kappa shape index (κ1) is 14.1. The van der Waals surface area contributed by atoms with Gasteiger partial charge in [0.1, 0.15) is 0 Å². The molecule has 5 heteroatoms. The number of benzene rings is 1. The molecular formula is C16H23N5. The van der Waals surface area contributed by atoms with E-state index in [9.17, 15) is 0 Å². The largest absolute Gasteiger partial charge is 0.340 e. The smallest absolute Gasteiger partial charge is 0.245 e. The Kier molecular flexibility index (Phi) is 4.20. The Bertz CT molecular complexity index is 567. The minimum Gasteiger partial charge on any atom is -0.340 e. The first-order valence-corrected chi connectivity index (χ1v) is 7.65. The number of nitrogens with one attached hydrogen (secondary N) is 2. The maximum absolute atomic E-state index is 4.65. The van der Waals surface area contributed by atoms with Gasteiger partial charge in [-0.3, -0.25) is 5.10 Å². The van der Waals surface area contributed by atoms with Crippen LogP contribution in [0.25, 0.3) is 11.4 Å². The van der Waals surface area contributed by atoms with Gasteiger partial charge in [-0.15, -0.1) is 5.10 Å². The van der Waals surface area contributed by atoms with Crippen LogP contribution in [0.2, 0.25) is 0 Å². The molecule has 0 radical (unpaired) electrons. The zero-order valence-electron chi connectivity index (χ0n) is 12.8. The Hall–Kier alpha value is -1.88. The normalized spacial score (nSPS) is 16.4. The SMILES string of the molecule is CNCC1CCN(c2n[nH]c(-c3ccc(C)cc3)n2)CC1. The van der Waals surface area contributed by atoms with E-state index in [1.807, 2.05) is 7.05 Å². The highest BCUT2D eigenvalue weighted by atomic mass is 15.4. The Morgan fingerprint density at radius 3 is 2.62 bits per heavy atom. The predicted molar refractivity (Wildman–Crippen MR) is 85.4 cm³/mol. The van der Waals surface area contributed by atoms with Gasteiger partial charge in [-0.25, -0.2) is 0 Å². The Morgan fingerprint density at radius 1 is 1.24 bits per heavy atom. The van der Waals surface area contributed by atoms with E-state index < -0.39 is 0 Å². The van der Waals surface area contributed by atoms with Crippen molar-refractivity contribution >= 4 is 5.95 Å². The predicted octanol–water partition coefficient (Wildman–Crippen LogP) is 2.22. The molecule has 1 aromatic heterocycles. The highest BCUT2D eigenvalue weighted by Gasteiger charge is 2.21. The second-order valence-electron chi connectivity index (χ2n) is 5.84. The van der Waals surface area contributed by atoms with E-state index in [0.29, 0.717) is 0 Å². The molecule has 112 valence electrons. The van der Waals surface area contributed by atoms with Gasteiger partial charge in [0.2, 0.25) is 5.95 Å². The molecule has 21 heavy (non-hydrogen) atoms. The number of aromatic amines is 1. The van der Waals surface area contributed by atoms with Crippen LogP contribution in [-0.4, -0.2) is 41.9 Å². The molecule has 0 unspecified atom stereocenters. The van der Waals surface area contributed by atoms with Gasteiger partial charge in [0.05, 0.1) is 0 Å².